The van der Waals surface area contributed by atoms with Gasteiger partial charge in [-0.3, -0.25) is 9.59 Å². The van der Waals surface area contributed by atoms with Crippen LogP contribution >= 0.6 is 0 Å². The quantitative estimate of drug-likeness (QED) is 0.685. The van der Waals surface area contributed by atoms with Gasteiger partial charge in [0, 0.05) is 40.6 Å². The normalized spacial score (nSPS) is 17.8. The molecule has 1 atom stereocenters. The number of nitrogens with one attached hydrogen (secondary N) is 2. The zero-order valence-electron chi connectivity index (χ0n) is 19.3. The molecule has 4 rings (SSSR count). The highest BCUT2D eigenvalue weighted by atomic mass is 16.5. The molecule has 0 aromatic heterocycles. The number of hydrogen-bond donors (Lipinski definition) is 2. The van der Waals surface area contributed by atoms with Gasteiger partial charge in [-0.25, -0.2) is 0 Å². The van der Waals surface area contributed by atoms with E-state index in [0.29, 0.717) is 46.2 Å². The van der Waals surface area contributed by atoms with Crippen molar-refractivity contribution in [3.05, 3.63) is 70.6 Å². The first-order valence-electron chi connectivity index (χ1n) is 10.9. The molecule has 7 nitrogen and oxygen atoms in total. The van der Waals surface area contributed by atoms with Gasteiger partial charge < -0.3 is 24.8 Å². The smallest absolute Gasteiger partial charge is 0.254 e. The van der Waals surface area contributed by atoms with E-state index in [9.17, 15) is 9.59 Å². The Morgan fingerprint density at radius 1 is 1.00 bits per heavy atom. The lowest BCUT2D eigenvalue weighted by molar-refractivity contribution is -0.116. The summed E-state index contributed by atoms with van der Waals surface area (Å²) in [7, 11) is 4.71. The number of carbonyl (C=O) groups is 2. The number of carbonyl (C=O) groups excluding carboxylic acids is 2. The first kappa shape index (κ1) is 22.5. The Morgan fingerprint density at radius 2 is 1.76 bits per heavy atom. The molecule has 0 fully saturated rings. The minimum atomic E-state index is -0.565. The van der Waals surface area contributed by atoms with Crippen molar-refractivity contribution in [2.24, 2.45) is 0 Å². The molecule has 1 amide bonds. The molecule has 0 saturated carbocycles. The summed E-state index contributed by atoms with van der Waals surface area (Å²) in [6, 6.07) is 12.7. The number of allylic oxidation sites excluding steroid dienone is 3. The maximum absolute atomic E-state index is 13.7. The molecule has 2 aromatic rings. The van der Waals surface area contributed by atoms with Gasteiger partial charge in [0.05, 0.1) is 32.9 Å². The van der Waals surface area contributed by atoms with Gasteiger partial charge in [-0.2, -0.15) is 0 Å². The van der Waals surface area contributed by atoms with Crippen LogP contribution in [0.4, 0.5) is 5.69 Å². The zero-order chi connectivity index (χ0) is 23.5. The zero-order valence-corrected chi connectivity index (χ0v) is 19.3. The molecule has 0 bridgehead atoms. The third-order valence-corrected chi connectivity index (χ3v) is 6.13. The van der Waals surface area contributed by atoms with Crippen LogP contribution in [-0.4, -0.2) is 33.0 Å². The lowest BCUT2D eigenvalue weighted by Gasteiger charge is -2.35. The summed E-state index contributed by atoms with van der Waals surface area (Å²) in [5.41, 5.74) is 3.98. The molecule has 172 valence electrons. The molecule has 1 aliphatic carbocycles. The van der Waals surface area contributed by atoms with Crippen molar-refractivity contribution in [1.29, 1.82) is 0 Å². The van der Waals surface area contributed by atoms with Crippen LogP contribution in [0.25, 0.3) is 0 Å². The van der Waals surface area contributed by atoms with Gasteiger partial charge in [0.15, 0.2) is 5.78 Å². The highest BCUT2D eigenvalue weighted by molar-refractivity contribution is 6.10. The second kappa shape index (κ2) is 9.40. The Labute approximate surface area is 193 Å². The fourth-order valence-electron chi connectivity index (χ4n) is 4.59. The van der Waals surface area contributed by atoms with E-state index in [-0.39, 0.29) is 11.7 Å². The third kappa shape index (κ3) is 4.18. The predicted octanol–water partition coefficient (Wildman–Crippen LogP) is 4.32. The molecule has 0 unspecified atom stereocenters. The molecule has 7 heteroatoms. The lowest BCUT2D eigenvalue weighted by Crippen LogP contribution is -2.35. The molecule has 0 spiro atoms. The topological polar surface area (TPSA) is 85.9 Å². The van der Waals surface area contributed by atoms with E-state index in [2.05, 4.69) is 10.6 Å². The summed E-state index contributed by atoms with van der Waals surface area (Å²) < 4.78 is 16.4. The first-order chi connectivity index (χ1) is 16.0. The van der Waals surface area contributed by atoms with E-state index in [4.69, 9.17) is 14.2 Å². The number of rotatable bonds is 6. The Hall–Kier alpha value is -3.74. The number of ether oxygens (including phenoxy) is 3. The van der Waals surface area contributed by atoms with Crippen LogP contribution in [0.3, 0.4) is 0 Å². The molecule has 2 N–H and O–H groups in total. The van der Waals surface area contributed by atoms with Crippen LogP contribution in [0.15, 0.2) is 65.0 Å². The van der Waals surface area contributed by atoms with Gasteiger partial charge in [-0.15, -0.1) is 0 Å². The Balaban J connectivity index is 1.84. The molecule has 0 saturated heterocycles. The largest absolute Gasteiger partial charge is 0.497 e. The van der Waals surface area contributed by atoms with Crippen LogP contribution in [0.1, 0.15) is 37.7 Å². The Bertz CT molecular complexity index is 1170. The number of hydrogen-bond acceptors (Lipinski definition) is 6. The van der Waals surface area contributed by atoms with Gasteiger partial charge in [-0.1, -0.05) is 18.2 Å². The molecule has 1 heterocycles. The van der Waals surface area contributed by atoms with Crippen molar-refractivity contribution < 1.29 is 23.8 Å². The summed E-state index contributed by atoms with van der Waals surface area (Å²) in [6.45, 7) is 1.86. The molecule has 2 aromatic carbocycles. The minimum Gasteiger partial charge on any atom is -0.497 e. The first-order valence-corrected chi connectivity index (χ1v) is 10.9. The molecular weight excluding hydrogens is 420 g/mol. The summed E-state index contributed by atoms with van der Waals surface area (Å²) in [4.78, 5) is 26.8. The van der Waals surface area contributed by atoms with E-state index in [1.54, 1.807) is 39.5 Å². The van der Waals surface area contributed by atoms with Gasteiger partial charge in [0.25, 0.3) is 5.91 Å². The average Bonchev–Trinajstić information content (AvgIpc) is 2.83. The van der Waals surface area contributed by atoms with E-state index in [1.165, 1.54) is 0 Å². The van der Waals surface area contributed by atoms with Crippen LogP contribution in [0.2, 0.25) is 0 Å². The SMILES string of the molecule is COc1ccc([C@H]2C(C(=O)Nc3ccccc3OC)=C(C)NC3=C2C(=O)CCC3)c(OC)c1. The number of para-hydroxylation sites is 2. The van der Waals surface area contributed by atoms with Crippen molar-refractivity contribution in [3.8, 4) is 17.2 Å². The van der Waals surface area contributed by atoms with Crippen LogP contribution < -0.4 is 24.8 Å². The summed E-state index contributed by atoms with van der Waals surface area (Å²) in [6.07, 6.45) is 2.00. The van der Waals surface area contributed by atoms with Gasteiger partial charge >= 0.3 is 0 Å². The van der Waals surface area contributed by atoms with Crippen molar-refractivity contribution >= 4 is 17.4 Å². The summed E-state index contributed by atoms with van der Waals surface area (Å²) in [5, 5.41) is 6.31. The lowest BCUT2D eigenvalue weighted by atomic mass is 9.74. The number of ketones is 1. The standard InChI is InChI=1S/C26H28N2O5/c1-15-23(26(30)28-18-8-5-6-11-21(18)32-3)24(25-19(27-15)9-7-10-20(25)29)17-13-12-16(31-2)14-22(17)33-4/h5-6,8,11-14,24,27H,7,9-10H2,1-4H3,(H,28,30)/t24-/m0/s1. The number of dihydropyridines is 1. The summed E-state index contributed by atoms with van der Waals surface area (Å²) in [5.74, 6) is 0.917. The molecule has 0 radical (unpaired) electrons. The van der Waals surface area contributed by atoms with Gasteiger partial charge in [0.1, 0.15) is 17.2 Å². The molecule has 1 aliphatic heterocycles. The number of benzene rings is 2. The van der Waals surface area contributed by atoms with E-state index < -0.39 is 5.92 Å². The van der Waals surface area contributed by atoms with Gasteiger partial charge in [0.2, 0.25) is 0 Å². The second-order valence-electron chi connectivity index (χ2n) is 8.03. The van der Waals surface area contributed by atoms with E-state index in [0.717, 1.165) is 24.1 Å². The number of amides is 1. The fourth-order valence-corrected chi connectivity index (χ4v) is 4.59. The highest BCUT2D eigenvalue weighted by Gasteiger charge is 2.40. The Morgan fingerprint density at radius 3 is 2.48 bits per heavy atom. The number of methoxy groups -OCH3 is 3. The number of Topliss-reactive ketones (excluding diaryl/α,β-unsaturated/α-hetero) is 1. The van der Waals surface area contributed by atoms with Crippen molar-refractivity contribution in [2.75, 3.05) is 26.6 Å². The Kier molecular flexibility index (Phi) is 6.40. The van der Waals surface area contributed by atoms with Crippen molar-refractivity contribution in [3.63, 3.8) is 0 Å². The maximum atomic E-state index is 13.7. The van der Waals surface area contributed by atoms with Crippen LogP contribution in [-0.2, 0) is 9.59 Å². The van der Waals surface area contributed by atoms with E-state index in [1.807, 2.05) is 31.2 Å². The fraction of sp³-hybridized carbons (Fsp3) is 0.308. The highest BCUT2D eigenvalue weighted by Crippen LogP contribution is 2.46. The van der Waals surface area contributed by atoms with E-state index >= 15 is 0 Å². The minimum absolute atomic E-state index is 0.0433. The third-order valence-electron chi connectivity index (χ3n) is 6.13. The van der Waals surface area contributed by atoms with Crippen molar-refractivity contribution in [1.82, 2.24) is 5.32 Å². The predicted molar refractivity (Wildman–Crippen MR) is 126 cm³/mol. The van der Waals surface area contributed by atoms with Crippen LogP contribution in [0, 0.1) is 0 Å². The number of anilines is 1. The monoisotopic (exact) mass is 448 g/mol. The second-order valence-corrected chi connectivity index (χ2v) is 8.03. The summed E-state index contributed by atoms with van der Waals surface area (Å²) >= 11 is 0. The van der Waals surface area contributed by atoms with Crippen molar-refractivity contribution in [2.45, 2.75) is 32.1 Å². The van der Waals surface area contributed by atoms with Crippen LogP contribution in [0.5, 0.6) is 17.2 Å². The molecular formula is C26H28N2O5. The molecule has 2 aliphatic rings. The molecule has 33 heavy (non-hydrogen) atoms. The maximum Gasteiger partial charge on any atom is 0.254 e. The van der Waals surface area contributed by atoms with Gasteiger partial charge in [-0.05, 0) is 38.0 Å². The average molecular weight is 449 g/mol.